The second kappa shape index (κ2) is 4.10. The second-order valence-electron chi connectivity index (χ2n) is 3.27. The van der Waals surface area contributed by atoms with Crippen LogP contribution in [0.2, 0.25) is 0 Å². The maximum absolute atomic E-state index is 12.8. The van der Waals surface area contributed by atoms with Gasteiger partial charge in [0.05, 0.1) is 6.10 Å². The first-order valence-electron chi connectivity index (χ1n) is 4.34. The van der Waals surface area contributed by atoms with Crippen LogP contribution in [0.1, 0.15) is 25.5 Å². The van der Waals surface area contributed by atoms with Crippen molar-refractivity contribution in [2.24, 2.45) is 0 Å². The predicted molar refractivity (Wildman–Crippen MR) is 48.3 cm³/mol. The molecular weight excluding hydrogens is 209 g/mol. The lowest BCUT2D eigenvalue weighted by molar-refractivity contribution is -0.159. The molecule has 15 heavy (non-hydrogen) atoms. The van der Waals surface area contributed by atoms with E-state index in [-0.39, 0.29) is 11.3 Å². The first-order chi connectivity index (χ1) is 6.79. The van der Waals surface area contributed by atoms with E-state index in [1.54, 1.807) is 0 Å². The number of ether oxygens (including phenoxy) is 1. The number of benzene rings is 1. The molecule has 1 unspecified atom stereocenters. The molecule has 0 saturated heterocycles. The zero-order valence-electron chi connectivity index (χ0n) is 8.30. The van der Waals surface area contributed by atoms with Gasteiger partial charge in [0.15, 0.2) is 0 Å². The van der Waals surface area contributed by atoms with Crippen LogP contribution in [0.25, 0.3) is 0 Å². The van der Waals surface area contributed by atoms with Gasteiger partial charge in [0.2, 0.25) is 0 Å². The average Bonchev–Trinajstić information content (AvgIpc) is 1.99. The molecule has 0 saturated carbocycles. The average molecular weight is 220 g/mol. The summed E-state index contributed by atoms with van der Waals surface area (Å²) in [5, 5.41) is 9.24. The Bertz CT molecular complexity index is 345. The molecule has 0 aliphatic heterocycles. The van der Waals surface area contributed by atoms with Crippen LogP contribution in [0.4, 0.5) is 13.2 Å². The summed E-state index contributed by atoms with van der Waals surface area (Å²) in [7, 11) is 0. The molecule has 2 nitrogen and oxygen atoms in total. The third-order valence-electron chi connectivity index (χ3n) is 1.71. The van der Waals surface area contributed by atoms with E-state index >= 15 is 0 Å². The number of aliphatic hydroxyl groups excluding tert-OH is 1. The fraction of sp³-hybridized carbons (Fsp3) is 0.400. The Morgan fingerprint density at radius 1 is 1.40 bits per heavy atom. The fourth-order valence-electron chi connectivity index (χ4n) is 1.13. The minimum absolute atomic E-state index is 0.123. The van der Waals surface area contributed by atoms with Gasteiger partial charge in [-0.25, -0.2) is 4.39 Å². The van der Waals surface area contributed by atoms with Crippen LogP contribution in [0.15, 0.2) is 18.2 Å². The van der Waals surface area contributed by atoms with Crippen LogP contribution in [-0.2, 0) is 0 Å². The van der Waals surface area contributed by atoms with E-state index in [4.69, 9.17) is 0 Å². The van der Waals surface area contributed by atoms with Crippen molar-refractivity contribution in [2.45, 2.75) is 26.1 Å². The highest BCUT2D eigenvalue weighted by Crippen LogP contribution is 2.30. The molecule has 1 atom stereocenters. The quantitative estimate of drug-likeness (QED) is 0.848. The molecule has 84 valence electrons. The molecule has 0 spiro atoms. The predicted octanol–water partition coefficient (Wildman–Crippen LogP) is 2.87. The van der Waals surface area contributed by atoms with Crippen molar-refractivity contribution in [1.82, 2.24) is 0 Å². The van der Waals surface area contributed by atoms with Crippen LogP contribution in [0.3, 0.4) is 0 Å². The molecule has 1 rings (SSSR count). The molecule has 0 bridgehead atoms. The third kappa shape index (κ3) is 3.43. The van der Waals surface area contributed by atoms with Gasteiger partial charge in [-0.3, -0.25) is 0 Å². The van der Waals surface area contributed by atoms with Crippen LogP contribution in [0.5, 0.6) is 5.75 Å². The van der Waals surface area contributed by atoms with Gasteiger partial charge in [-0.05, 0) is 19.1 Å². The summed E-state index contributed by atoms with van der Waals surface area (Å²) in [5.74, 6) is -1.05. The van der Waals surface area contributed by atoms with Gasteiger partial charge in [0.1, 0.15) is 11.6 Å². The number of hydrogen-bond donors (Lipinski definition) is 1. The van der Waals surface area contributed by atoms with Crippen molar-refractivity contribution >= 4 is 0 Å². The molecule has 0 radical (unpaired) electrons. The molecule has 5 heteroatoms. The van der Waals surface area contributed by atoms with Gasteiger partial charge in [-0.15, -0.1) is 0 Å². The lowest BCUT2D eigenvalue weighted by Crippen LogP contribution is -2.20. The van der Waals surface area contributed by atoms with Crippen molar-refractivity contribution in [1.29, 1.82) is 0 Å². The summed E-state index contributed by atoms with van der Waals surface area (Å²) in [6, 6.07) is 3.10. The molecule has 0 aliphatic carbocycles. The normalized spacial score (nSPS) is 13.7. The Morgan fingerprint density at radius 3 is 2.47 bits per heavy atom. The molecule has 1 aromatic carbocycles. The maximum Gasteiger partial charge on any atom is 0.394 e. The van der Waals surface area contributed by atoms with Crippen molar-refractivity contribution in [3.63, 3.8) is 0 Å². The summed E-state index contributed by atoms with van der Waals surface area (Å²) < 4.78 is 42.1. The number of aliphatic hydroxyl groups is 1. The number of rotatable bonds is 3. The van der Waals surface area contributed by atoms with Gasteiger partial charge >= 0.3 is 6.11 Å². The zero-order valence-corrected chi connectivity index (χ0v) is 8.30. The van der Waals surface area contributed by atoms with E-state index in [0.717, 1.165) is 12.1 Å². The molecule has 0 aliphatic rings. The van der Waals surface area contributed by atoms with Crippen molar-refractivity contribution < 1.29 is 23.0 Å². The summed E-state index contributed by atoms with van der Waals surface area (Å²) >= 11 is 0. The van der Waals surface area contributed by atoms with Crippen LogP contribution >= 0.6 is 0 Å². The van der Waals surface area contributed by atoms with E-state index in [2.05, 4.69) is 4.74 Å². The minimum Gasteiger partial charge on any atom is -0.432 e. The first kappa shape index (κ1) is 11.8. The van der Waals surface area contributed by atoms with Crippen LogP contribution in [-0.4, -0.2) is 11.2 Å². The van der Waals surface area contributed by atoms with Crippen molar-refractivity contribution in [3.05, 3.63) is 29.6 Å². The smallest absolute Gasteiger partial charge is 0.394 e. The number of halogens is 3. The number of hydrogen-bond acceptors (Lipinski definition) is 2. The van der Waals surface area contributed by atoms with Gasteiger partial charge in [-0.1, -0.05) is 0 Å². The Hall–Kier alpha value is -1.23. The van der Waals surface area contributed by atoms with Gasteiger partial charge in [0.25, 0.3) is 0 Å². The summed E-state index contributed by atoms with van der Waals surface area (Å²) in [6.07, 6.45) is -4.40. The molecule has 1 aromatic rings. The molecule has 0 fully saturated rings. The highest BCUT2D eigenvalue weighted by Gasteiger charge is 2.25. The fourth-order valence-corrected chi connectivity index (χ4v) is 1.13. The van der Waals surface area contributed by atoms with E-state index in [9.17, 15) is 18.3 Å². The first-order valence-corrected chi connectivity index (χ1v) is 4.34. The molecule has 0 heterocycles. The lowest BCUT2D eigenvalue weighted by Gasteiger charge is -2.17. The zero-order chi connectivity index (χ0) is 11.6. The maximum atomic E-state index is 12.8. The Kier molecular flexibility index (Phi) is 3.24. The van der Waals surface area contributed by atoms with Crippen LogP contribution < -0.4 is 4.74 Å². The topological polar surface area (TPSA) is 29.5 Å². The monoisotopic (exact) mass is 220 g/mol. The summed E-state index contributed by atoms with van der Waals surface area (Å²) in [5.41, 5.74) is 0.123. The SMILES string of the molecule is CC(O)c1ccc(F)cc1OC(C)(F)F. The Morgan fingerprint density at radius 2 is 2.00 bits per heavy atom. The highest BCUT2D eigenvalue weighted by atomic mass is 19.3. The summed E-state index contributed by atoms with van der Waals surface area (Å²) in [4.78, 5) is 0. The van der Waals surface area contributed by atoms with Crippen LogP contribution in [0, 0.1) is 5.82 Å². The summed E-state index contributed by atoms with van der Waals surface area (Å²) in [6.45, 7) is 1.93. The molecule has 0 amide bonds. The number of alkyl halides is 2. The van der Waals surface area contributed by atoms with Crippen molar-refractivity contribution in [3.8, 4) is 5.75 Å². The Labute approximate surface area is 85.3 Å². The van der Waals surface area contributed by atoms with E-state index in [1.807, 2.05) is 0 Å². The lowest BCUT2D eigenvalue weighted by atomic mass is 10.1. The molecular formula is C10H11F3O2. The molecule has 1 N–H and O–H groups in total. The highest BCUT2D eigenvalue weighted by molar-refractivity contribution is 5.35. The standard InChI is InChI=1S/C10H11F3O2/c1-6(14)8-4-3-7(11)5-9(8)15-10(2,12)13/h3-6,14H,1-2H3. The van der Waals surface area contributed by atoms with Gasteiger partial charge in [-0.2, -0.15) is 8.78 Å². The third-order valence-corrected chi connectivity index (χ3v) is 1.71. The van der Waals surface area contributed by atoms with E-state index in [1.165, 1.54) is 13.0 Å². The van der Waals surface area contributed by atoms with Crippen molar-refractivity contribution in [2.75, 3.05) is 0 Å². The van der Waals surface area contributed by atoms with Gasteiger partial charge < -0.3 is 9.84 Å². The largest absolute Gasteiger partial charge is 0.432 e. The Balaban J connectivity index is 3.08. The minimum atomic E-state index is -3.41. The second-order valence-corrected chi connectivity index (χ2v) is 3.27. The van der Waals surface area contributed by atoms with E-state index < -0.39 is 18.0 Å². The van der Waals surface area contributed by atoms with Gasteiger partial charge in [0, 0.05) is 18.6 Å². The van der Waals surface area contributed by atoms with E-state index in [0.29, 0.717) is 6.92 Å². The molecule has 0 aromatic heterocycles.